The van der Waals surface area contributed by atoms with Crippen LogP contribution in [-0.4, -0.2) is 45.6 Å². The van der Waals surface area contributed by atoms with Crippen molar-refractivity contribution < 1.29 is 9.53 Å². The number of fused-ring (bicyclic) bond motifs is 1. The zero-order valence-electron chi connectivity index (χ0n) is 17.1. The Morgan fingerprint density at radius 2 is 1.93 bits per heavy atom. The lowest BCUT2D eigenvalue weighted by Gasteiger charge is -2.31. The summed E-state index contributed by atoms with van der Waals surface area (Å²) in [6.07, 6.45) is 5.45. The molecule has 1 aromatic heterocycles. The molecule has 156 valence electrons. The lowest BCUT2D eigenvalue weighted by molar-refractivity contribution is 0.0602. The molecule has 7 heteroatoms. The largest absolute Gasteiger partial charge is 0.465 e. The Morgan fingerprint density at radius 1 is 1.20 bits per heavy atom. The van der Waals surface area contributed by atoms with Crippen LogP contribution < -0.4 is 5.32 Å². The summed E-state index contributed by atoms with van der Waals surface area (Å²) in [6, 6.07) is 15.7. The third-order valence-corrected chi connectivity index (χ3v) is 5.96. The van der Waals surface area contributed by atoms with Crippen molar-refractivity contribution in [3.05, 3.63) is 59.9 Å². The summed E-state index contributed by atoms with van der Waals surface area (Å²) in [6.45, 7) is 0.761. The van der Waals surface area contributed by atoms with Gasteiger partial charge in [-0.05, 0) is 49.3 Å². The van der Waals surface area contributed by atoms with E-state index in [-0.39, 0.29) is 5.97 Å². The van der Waals surface area contributed by atoms with Crippen molar-refractivity contribution in [2.45, 2.75) is 38.1 Å². The number of aromatic nitrogens is 2. The van der Waals surface area contributed by atoms with Crippen molar-refractivity contribution in [2.75, 3.05) is 19.0 Å². The number of benzene rings is 2. The van der Waals surface area contributed by atoms with E-state index in [1.165, 1.54) is 20.0 Å². The number of nitrogens with one attached hydrogen (secondary N) is 2. The van der Waals surface area contributed by atoms with Crippen molar-refractivity contribution >= 4 is 40.0 Å². The molecule has 0 bridgehead atoms. The standard InChI is InChI=1S/C23H26N4O2S/c1-29-22(28)17-10-4-5-11-18(17)26-23(30)27(16-8-2-3-9-16)15-14-21-24-19-12-6-7-13-20(19)25-21/h4-7,10-13,16H,2-3,8-9,14-15H2,1H3,(H,24,25)(H,26,30). The number of H-pyrrole nitrogens is 1. The van der Waals surface area contributed by atoms with Gasteiger partial charge < -0.3 is 19.9 Å². The van der Waals surface area contributed by atoms with Crippen LogP contribution in [0.4, 0.5) is 5.69 Å². The minimum absolute atomic E-state index is 0.379. The molecule has 1 aliphatic rings. The Balaban J connectivity index is 1.50. The van der Waals surface area contributed by atoms with E-state index in [1.807, 2.05) is 42.5 Å². The SMILES string of the molecule is COC(=O)c1ccccc1NC(=S)N(CCc1nc2ccccc2[nH]1)C1CCCC1. The average Bonchev–Trinajstić information content (AvgIpc) is 3.43. The maximum atomic E-state index is 12.1. The van der Waals surface area contributed by atoms with Gasteiger partial charge in [-0.25, -0.2) is 9.78 Å². The summed E-state index contributed by atoms with van der Waals surface area (Å²) in [5.74, 6) is 0.576. The first-order valence-electron chi connectivity index (χ1n) is 10.3. The monoisotopic (exact) mass is 422 g/mol. The Labute approximate surface area is 181 Å². The van der Waals surface area contributed by atoms with Crippen LogP contribution in [0.5, 0.6) is 0 Å². The van der Waals surface area contributed by atoms with E-state index in [0.717, 1.165) is 42.7 Å². The Bertz CT molecular complexity index is 1010. The second kappa shape index (κ2) is 9.26. The van der Waals surface area contributed by atoms with Gasteiger partial charge in [0.1, 0.15) is 5.82 Å². The number of imidazole rings is 1. The van der Waals surface area contributed by atoms with E-state index in [4.69, 9.17) is 21.9 Å². The third-order valence-electron chi connectivity index (χ3n) is 5.63. The summed E-state index contributed by atoms with van der Waals surface area (Å²) in [7, 11) is 1.38. The zero-order chi connectivity index (χ0) is 20.9. The first-order valence-corrected chi connectivity index (χ1v) is 10.7. The molecular formula is C23H26N4O2S. The molecule has 0 radical (unpaired) electrons. The number of para-hydroxylation sites is 3. The fraction of sp³-hybridized carbons (Fsp3) is 0.348. The number of aromatic amines is 1. The number of anilines is 1. The van der Waals surface area contributed by atoms with Crippen LogP contribution in [0.25, 0.3) is 11.0 Å². The first kappa shape index (κ1) is 20.3. The molecule has 0 amide bonds. The molecule has 0 saturated heterocycles. The smallest absolute Gasteiger partial charge is 0.339 e. The fourth-order valence-corrected chi connectivity index (χ4v) is 4.43. The molecule has 30 heavy (non-hydrogen) atoms. The summed E-state index contributed by atoms with van der Waals surface area (Å²) in [4.78, 5) is 22.5. The highest BCUT2D eigenvalue weighted by atomic mass is 32.1. The van der Waals surface area contributed by atoms with E-state index >= 15 is 0 Å². The first-order chi connectivity index (χ1) is 14.7. The highest BCUT2D eigenvalue weighted by Crippen LogP contribution is 2.25. The molecule has 6 nitrogen and oxygen atoms in total. The third kappa shape index (κ3) is 4.46. The Morgan fingerprint density at radius 3 is 2.70 bits per heavy atom. The van der Waals surface area contributed by atoms with Gasteiger partial charge in [0.05, 0.1) is 29.4 Å². The van der Waals surface area contributed by atoms with E-state index in [0.29, 0.717) is 22.4 Å². The van der Waals surface area contributed by atoms with Crippen molar-refractivity contribution in [2.24, 2.45) is 0 Å². The molecule has 0 unspecified atom stereocenters. The van der Waals surface area contributed by atoms with Crippen LogP contribution in [0.15, 0.2) is 48.5 Å². The minimum atomic E-state index is -0.379. The summed E-state index contributed by atoms with van der Waals surface area (Å²) in [5.41, 5.74) is 3.17. The number of esters is 1. The number of ether oxygens (including phenoxy) is 1. The molecule has 0 aliphatic heterocycles. The van der Waals surface area contributed by atoms with Crippen molar-refractivity contribution in [1.29, 1.82) is 0 Å². The lowest BCUT2D eigenvalue weighted by Crippen LogP contribution is -2.43. The average molecular weight is 423 g/mol. The minimum Gasteiger partial charge on any atom is -0.465 e. The van der Waals surface area contributed by atoms with Crippen molar-refractivity contribution in [3.8, 4) is 0 Å². The van der Waals surface area contributed by atoms with Crippen LogP contribution in [0.2, 0.25) is 0 Å². The number of hydrogen-bond donors (Lipinski definition) is 2. The molecule has 0 atom stereocenters. The van der Waals surface area contributed by atoms with E-state index < -0.39 is 0 Å². The van der Waals surface area contributed by atoms with Crippen LogP contribution in [-0.2, 0) is 11.2 Å². The van der Waals surface area contributed by atoms with E-state index in [1.54, 1.807) is 6.07 Å². The highest BCUT2D eigenvalue weighted by Gasteiger charge is 2.25. The van der Waals surface area contributed by atoms with Gasteiger partial charge in [-0.3, -0.25) is 0 Å². The van der Waals surface area contributed by atoms with Gasteiger partial charge in [0.2, 0.25) is 0 Å². The number of rotatable bonds is 6. The number of hydrogen-bond acceptors (Lipinski definition) is 4. The molecule has 1 saturated carbocycles. The quantitative estimate of drug-likeness (QED) is 0.449. The second-order valence-electron chi connectivity index (χ2n) is 7.55. The maximum Gasteiger partial charge on any atom is 0.339 e. The lowest BCUT2D eigenvalue weighted by atomic mass is 10.1. The zero-order valence-corrected chi connectivity index (χ0v) is 17.9. The molecule has 4 rings (SSSR count). The normalized spacial score (nSPS) is 14.0. The molecule has 3 aromatic rings. The molecule has 1 aliphatic carbocycles. The van der Waals surface area contributed by atoms with Crippen molar-refractivity contribution in [1.82, 2.24) is 14.9 Å². The predicted molar refractivity (Wildman–Crippen MR) is 123 cm³/mol. The van der Waals surface area contributed by atoms with E-state index in [9.17, 15) is 4.79 Å². The molecule has 2 N–H and O–H groups in total. The fourth-order valence-electron chi connectivity index (χ4n) is 4.08. The Hall–Kier alpha value is -2.93. The van der Waals surface area contributed by atoms with Crippen LogP contribution >= 0.6 is 12.2 Å². The summed E-state index contributed by atoms with van der Waals surface area (Å²) < 4.78 is 4.90. The van der Waals surface area contributed by atoms with Gasteiger partial charge in [0.15, 0.2) is 5.11 Å². The second-order valence-corrected chi connectivity index (χ2v) is 7.94. The van der Waals surface area contributed by atoms with Gasteiger partial charge in [-0.2, -0.15) is 0 Å². The number of carbonyl (C=O) groups excluding carboxylic acids is 1. The molecule has 2 aromatic carbocycles. The van der Waals surface area contributed by atoms with Crippen LogP contribution in [0.3, 0.4) is 0 Å². The molecule has 1 fully saturated rings. The van der Waals surface area contributed by atoms with E-state index in [2.05, 4.69) is 15.2 Å². The van der Waals surface area contributed by atoms with Gasteiger partial charge in [0.25, 0.3) is 0 Å². The number of nitrogens with zero attached hydrogens (tertiary/aromatic N) is 2. The van der Waals surface area contributed by atoms with Gasteiger partial charge in [-0.1, -0.05) is 37.1 Å². The number of thiocarbonyl (C=S) groups is 1. The number of methoxy groups -OCH3 is 1. The highest BCUT2D eigenvalue weighted by molar-refractivity contribution is 7.80. The number of carbonyl (C=O) groups is 1. The van der Waals surface area contributed by atoms with Gasteiger partial charge in [-0.15, -0.1) is 0 Å². The summed E-state index contributed by atoms with van der Waals surface area (Å²) >= 11 is 5.79. The summed E-state index contributed by atoms with van der Waals surface area (Å²) in [5, 5.41) is 3.93. The van der Waals surface area contributed by atoms with Crippen LogP contribution in [0, 0.1) is 0 Å². The molecule has 0 spiro atoms. The van der Waals surface area contributed by atoms with Gasteiger partial charge >= 0.3 is 5.97 Å². The maximum absolute atomic E-state index is 12.1. The topological polar surface area (TPSA) is 70.2 Å². The Kier molecular flexibility index (Phi) is 6.28. The van der Waals surface area contributed by atoms with Crippen LogP contribution in [0.1, 0.15) is 41.9 Å². The molecule has 1 heterocycles. The van der Waals surface area contributed by atoms with Gasteiger partial charge in [0, 0.05) is 19.0 Å². The predicted octanol–water partition coefficient (Wildman–Crippen LogP) is 4.53. The van der Waals surface area contributed by atoms with Crippen molar-refractivity contribution in [3.63, 3.8) is 0 Å². The molecular weight excluding hydrogens is 396 g/mol.